The third-order valence-corrected chi connectivity index (χ3v) is 7.82. The zero-order valence-electron chi connectivity index (χ0n) is 19.5. The number of rotatable bonds is 9. The van der Waals surface area contributed by atoms with Gasteiger partial charge >= 0.3 is 12.3 Å². The molecule has 0 bridgehead atoms. The van der Waals surface area contributed by atoms with Crippen LogP contribution in [0.3, 0.4) is 0 Å². The standard InChI is InChI=1S/C24H27F3N2O6S/c1-2-3-16-4-6-17(7-5-16)15-28-22(30)21-14-18(23(31)32)12-13-29(21)36(33,34)20-10-8-19(9-11-20)35-24(25,26)27/h4-11,18,21H,2-3,12-15H2,1H3,(H,28,30)(H,31,32)/t18-,21-/m1/s1. The maximum Gasteiger partial charge on any atom is 0.573 e. The summed E-state index contributed by atoms with van der Waals surface area (Å²) in [7, 11) is -4.32. The first-order valence-electron chi connectivity index (χ1n) is 11.4. The Morgan fingerprint density at radius 3 is 2.25 bits per heavy atom. The number of aryl methyl sites for hydroxylation is 1. The van der Waals surface area contributed by atoms with Gasteiger partial charge in [0, 0.05) is 13.1 Å². The summed E-state index contributed by atoms with van der Waals surface area (Å²) in [5, 5.41) is 12.1. The van der Waals surface area contributed by atoms with E-state index >= 15 is 0 Å². The van der Waals surface area contributed by atoms with Crippen molar-refractivity contribution in [2.75, 3.05) is 6.54 Å². The molecule has 12 heteroatoms. The Balaban J connectivity index is 1.78. The molecule has 1 fully saturated rings. The Bertz CT molecular complexity index is 1170. The molecule has 8 nitrogen and oxygen atoms in total. The molecule has 2 N–H and O–H groups in total. The summed E-state index contributed by atoms with van der Waals surface area (Å²) in [4.78, 5) is 24.3. The van der Waals surface area contributed by atoms with E-state index in [1.165, 1.54) is 0 Å². The summed E-state index contributed by atoms with van der Waals surface area (Å²) in [5.41, 5.74) is 1.94. The van der Waals surface area contributed by atoms with Crippen LogP contribution in [-0.2, 0) is 32.6 Å². The van der Waals surface area contributed by atoms with Crippen molar-refractivity contribution >= 4 is 21.9 Å². The van der Waals surface area contributed by atoms with Crippen molar-refractivity contribution in [2.24, 2.45) is 5.92 Å². The van der Waals surface area contributed by atoms with Gasteiger partial charge in [-0.25, -0.2) is 8.42 Å². The van der Waals surface area contributed by atoms with Gasteiger partial charge in [-0.15, -0.1) is 13.2 Å². The molecular formula is C24H27F3N2O6S. The number of alkyl halides is 3. The Kier molecular flexibility index (Phi) is 8.62. The first-order chi connectivity index (χ1) is 16.9. The fraction of sp³-hybridized carbons (Fsp3) is 0.417. The number of aliphatic carboxylic acids is 1. The van der Waals surface area contributed by atoms with Crippen LogP contribution in [0.15, 0.2) is 53.4 Å². The van der Waals surface area contributed by atoms with Gasteiger partial charge in [0.15, 0.2) is 0 Å². The molecule has 2 atom stereocenters. The van der Waals surface area contributed by atoms with Crippen LogP contribution in [0.2, 0.25) is 0 Å². The number of hydrogen-bond acceptors (Lipinski definition) is 5. The summed E-state index contributed by atoms with van der Waals surface area (Å²) in [5.74, 6) is -3.29. The van der Waals surface area contributed by atoms with E-state index in [1.807, 2.05) is 24.3 Å². The lowest BCUT2D eigenvalue weighted by atomic mass is 9.92. The van der Waals surface area contributed by atoms with E-state index in [1.54, 1.807) is 0 Å². The number of amides is 1. The Labute approximate surface area is 207 Å². The van der Waals surface area contributed by atoms with Gasteiger partial charge in [-0.1, -0.05) is 37.6 Å². The van der Waals surface area contributed by atoms with Gasteiger partial charge in [-0.3, -0.25) is 9.59 Å². The fourth-order valence-corrected chi connectivity index (χ4v) is 5.68. The monoisotopic (exact) mass is 528 g/mol. The number of nitrogens with zero attached hydrogens (tertiary/aromatic N) is 1. The third-order valence-electron chi connectivity index (χ3n) is 5.90. The summed E-state index contributed by atoms with van der Waals surface area (Å²) in [6.07, 6.45) is -3.26. The van der Waals surface area contributed by atoms with Gasteiger partial charge in [0.25, 0.3) is 0 Å². The predicted octanol–water partition coefficient (Wildman–Crippen LogP) is 3.71. The minimum absolute atomic E-state index is 0.00744. The van der Waals surface area contributed by atoms with E-state index in [0.717, 1.165) is 52.5 Å². The molecule has 1 aliphatic rings. The molecule has 0 saturated carbocycles. The number of carbonyl (C=O) groups is 2. The normalized spacial score (nSPS) is 19.0. The molecule has 1 saturated heterocycles. The summed E-state index contributed by atoms with van der Waals surface area (Å²) in [6, 6.07) is 9.92. The van der Waals surface area contributed by atoms with Crippen LogP contribution in [0, 0.1) is 5.92 Å². The molecule has 0 radical (unpaired) electrons. The molecule has 0 aromatic heterocycles. The second-order valence-electron chi connectivity index (χ2n) is 8.49. The van der Waals surface area contributed by atoms with Crippen LogP contribution in [0.4, 0.5) is 13.2 Å². The molecule has 0 unspecified atom stereocenters. The molecule has 1 heterocycles. The van der Waals surface area contributed by atoms with Gasteiger partial charge < -0.3 is 15.2 Å². The highest BCUT2D eigenvalue weighted by Gasteiger charge is 2.42. The average Bonchev–Trinajstić information content (AvgIpc) is 2.82. The SMILES string of the molecule is CCCc1ccc(CNC(=O)[C@H]2C[C@H](C(=O)O)CCN2S(=O)(=O)c2ccc(OC(F)(F)F)cc2)cc1. The Morgan fingerprint density at radius 1 is 1.08 bits per heavy atom. The van der Waals surface area contributed by atoms with Gasteiger partial charge in [-0.05, 0) is 54.7 Å². The van der Waals surface area contributed by atoms with Crippen molar-refractivity contribution in [3.63, 3.8) is 0 Å². The van der Waals surface area contributed by atoms with Crippen molar-refractivity contribution in [1.29, 1.82) is 0 Å². The first kappa shape index (κ1) is 27.5. The topological polar surface area (TPSA) is 113 Å². The average molecular weight is 529 g/mol. The number of carboxylic acid groups (broad SMARTS) is 1. The smallest absolute Gasteiger partial charge is 0.481 e. The van der Waals surface area contributed by atoms with E-state index < -0.39 is 46.0 Å². The van der Waals surface area contributed by atoms with E-state index in [4.69, 9.17) is 0 Å². The van der Waals surface area contributed by atoms with Gasteiger partial charge in [-0.2, -0.15) is 4.31 Å². The van der Waals surface area contributed by atoms with Gasteiger partial charge in [0.1, 0.15) is 11.8 Å². The zero-order chi connectivity index (χ0) is 26.5. The highest BCUT2D eigenvalue weighted by atomic mass is 32.2. The van der Waals surface area contributed by atoms with Crippen molar-refractivity contribution < 1.29 is 41.0 Å². The van der Waals surface area contributed by atoms with E-state index in [-0.39, 0.29) is 30.8 Å². The predicted molar refractivity (Wildman–Crippen MR) is 123 cm³/mol. The Hall–Kier alpha value is -3.12. The van der Waals surface area contributed by atoms with Crippen LogP contribution < -0.4 is 10.1 Å². The highest BCUT2D eigenvalue weighted by molar-refractivity contribution is 7.89. The highest BCUT2D eigenvalue weighted by Crippen LogP contribution is 2.31. The molecule has 3 rings (SSSR count). The zero-order valence-corrected chi connectivity index (χ0v) is 20.3. The van der Waals surface area contributed by atoms with Crippen LogP contribution in [-0.4, -0.2) is 48.7 Å². The number of piperidine rings is 1. The number of carbonyl (C=O) groups excluding carboxylic acids is 1. The molecular weight excluding hydrogens is 501 g/mol. The number of halogens is 3. The van der Waals surface area contributed by atoms with Crippen molar-refractivity contribution in [2.45, 2.75) is 56.5 Å². The largest absolute Gasteiger partial charge is 0.573 e. The number of sulfonamides is 1. The second-order valence-corrected chi connectivity index (χ2v) is 10.4. The number of benzene rings is 2. The van der Waals surface area contributed by atoms with Crippen LogP contribution in [0.25, 0.3) is 0 Å². The van der Waals surface area contributed by atoms with E-state index in [2.05, 4.69) is 17.0 Å². The lowest BCUT2D eigenvalue weighted by Crippen LogP contribution is -2.54. The Morgan fingerprint density at radius 2 is 1.69 bits per heavy atom. The van der Waals surface area contributed by atoms with E-state index in [9.17, 15) is 36.3 Å². The molecule has 2 aromatic carbocycles. The number of nitrogens with one attached hydrogen (secondary N) is 1. The third kappa shape index (κ3) is 6.97. The summed E-state index contributed by atoms with van der Waals surface area (Å²) < 4.78 is 68.5. The molecule has 196 valence electrons. The molecule has 0 spiro atoms. The fourth-order valence-electron chi connectivity index (χ4n) is 4.06. The maximum absolute atomic E-state index is 13.3. The van der Waals surface area contributed by atoms with Crippen LogP contribution >= 0.6 is 0 Å². The van der Waals surface area contributed by atoms with Gasteiger partial charge in [0.05, 0.1) is 10.8 Å². The van der Waals surface area contributed by atoms with E-state index in [0.29, 0.717) is 0 Å². The van der Waals surface area contributed by atoms with Crippen LogP contribution in [0.1, 0.15) is 37.3 Å². The summed E-state index contributed by atoms with van der Waals surface area (Å²) >= 11 is 0. The molecule has 1 amide bonds. The number of ether oxygens (including phenoxy) is 1. The molecule has 1 aliphatic heterocycles. The second kappa shape index (κ2) is 11.3. The van der Waals surface area contributed by atoms with Crippen molar-refractivity contribution in [1.82, 2.24) is 9.62 Å². The van der Waals surface area contributed by atoms with Crippen molar-refractivity contribution in [3.05, 3.63) is 59.7 Å². The number of carboxylic acids is 1. The molecule has 36 heavy (non-hydrogen) atoms. The van der Waals surface area contributed by atoms with Crippen LogP contribution in [0.5, 0.6) is 5.75 Å². The van der Waals surface area contributed by atoms with Crippen molar-refractivity contribution in [3.8, 4) is 5.75 Å². The lowest BCUT2D eigenvalue weighted by Gasteiger charge is -2.36. The lowest BCUT2D eigenvalue weighted by molar-refractivity contribution is -0.274. The van der Waals surface area contributed by atoms with Gasteiger partial charge in [0.2, 0.25) is 15.9 Å². The summed E-state index contributed by atoms with van der Waals surface area (Å²) in [6.45, 7) is 1.95. The first-order valence-corrected chi connectivity index (χ1v) is 12.8. The minimum atomic E-state index is -4.93. The minimum Gasteiger partial charge on any atom is -0.481 e. The molecule has 0 aliphatic carbocycles. The quantitative estimate of drug-likeness (QED) is 0.513. The molecule has 2 aromatic rings. The maximum atomic E-state index is 13.3. The number of hydrogen-bond donors (Lipinski definition) is 2.